The summed E-state index contributed by atoms with van der Waals surface area (Å²) in [5.41, 5.74) is 9.25. The lowest BCUT2D eigenvalue weighted by atomic mass is 9.95. The standard InChI is InChI=1S/C15H24N2O/c1-10(2)14(8-16)15(18)17-9-13-6-5-11(3)7-12(13)4/h5-7,10,14H,8-9,16H2,1-4H3,(H,17,18). The molecule has 1 rings (SSSR count). The Balaban J connectivity index is 2.62. The first-order valence-corrected chi connectivity index (χ1v) is 6.49. The lowest BCUT2D eigenvalue weighted by Crippen LogP contribution is -2.37. The summed E-state index contributed by atoms with van der Waals surface area (Å²) in [6.07, 6.45) is 0. The number of carbonyl (C=O) groups excluding carboxylic acids is 1. The molecule has 0 aromatic heterocycles. The summed E-state index contributed by atoms with van der Waals surface area (Å²) in [5.74, 6) is 0.220. The summed E-state index contributed by atoms with van der Waals surface area (Å²) in [6, 6.07) is 6.26. The van der Waals surface area contributed by atoms with Gasteiger partial charge in [0, 0.05) is 13.1 Å². The van der Waals surface area contributed by atoms with Crippen molar-refractivity contribution in [3.63, 3.8) is 0 Å². The molecular weight excluding hydrogens is 224 g/mol. The number of hydrogen-bond acceptors (Lipinski definition) is 2. The molecule has 1 aromatic rings. The second-order valence-corrected chi connectivity index (χ2v) is 5.23. The minimum atomic E-state index is -0.101. The van der Waals surface area contributed by atoms with Gasteiger partial charge in [-0.1, -0.05) is 37.6 Å². The van der Waals surface area contributed by atoms with Gasteiger partial charge in [-0.05, 0) is 30.9 Å². The van der Waals surface area contributed by atoms with Crippen molar-refractivity contribution >= 4 is 5.91 Å². The second kappa shape index (κ2) is 6.55. The van der Waals surface area contributed by atoms with Crippen LogP contribution in [0.4, 0.5) is 0 Å². The van der Waals surface area contributed by atoms with E-state index in [9.17, 15) is 4.79 Å². The summed E-state index contributed by atoms with van der Waals surface area (Å²) >= 11 is 0. The molecule has 1 aromatic carbocycles. The SMILES string of the molecule is Cc1ccc(CNC(=O)C(CN)C(C)C)c(C)c1. The van der Waals surface area contributed by atoms with Crippen molar-refractivity contribution < 1.29 is 4.79 Å². The lowest BCUT2D eigenvalue weighted by molar-refractivity contribution is -0.126. The summed E-state index contributed by atoms with van der Waals surface area (Å²) in [7, 11) is 0. The van der Waals surface area contributed by atoms with Gasteiger partial charge in [0.1, 0.15) is 0 Å². The number of nitrogens with two attached hydrogens (primary N) is 1. The molecule has 1 atom stereocenters. The number of carbonyl (C=O) groups is 1. The fourth-order valence-electron chi connectivity index (χ4n) is 2.04. The number of nitrogens with one attached hydrogen (secondary N) is 1. The van der Waals surface area contributed by atoms with Crippen LogP contribution in [0.3, 0.4) is 0 Å². The van der Waals surface area contributed by atoms with Crippen molar-refractivity contribution in [3.8, 4) is 0 Å². The quantitative estimate of drug-likeness (QED) is 0.839. The molecule has 0 bridgehead atoms. The van der Waals surface area contributed by atoms with Gasteiger partial charge in [-0.25, -0.2) is 0 Å². The summed E-state index contributed by atoms with van der Waals surface area (Å²) < 4.78 is 0. The number of aryl methyl sites for hydroxylation is 2. The molecule has 0 aliphatic rings. The van der Waals surface area contributed by atoms with Crippen molar-refractivity contribution in [2.24, 2.45) is 17.6 Å². The zero-order chi connectivity index (χ0) is 13.7. The Kier molecular flexibility index (Phi) is 5.35. The molecular formula is C15H24N2O. The van der Waals surface area contributed by atoms with E-state index in [4.69, 9.17) is 5.73 Å². The smallest absolute Gasteiger partial charge is 0.224 e. The van der Waals surface area contributed by atoms with Gasteiger partial charge in [0.2, 0.25) is 5.91 Å². The molecule has 1 amide bonds. The Morgan fingerprint density at radius 3 is 2.50 bits per heavy atom. The van der Waals surface area contributed by atoms with E-state index in [-0.39, 0.29) is 17.7 Å². The summed E-state index contributed by atoms with van der Waals surface area (Å²) in [5, 5.41) is 2.97. The van der Waals surface area contributed by atoms with E-state index in [0.717, 1.165) is 5.56 Å². The molecule has 0 saturated heterocycles. The van der Waals surface area contributed by atoms with Crippen LogP contribution in [0.5, 0.6) is 0 Å². The predicted molar refractivity (Wildman–Crippen MR) is 75.1 cm³/mol. The molecule has 100 valence electrons. The van der Waals surface area contributed by atoms with Gasteiger partial charge in [-0.2, -0.15) is 0 Å². The molecule has 18 heavy (non-hydrogen) atoms. The average Bonchev–Trinajstić information content (AvgIpc) is 2.28. The maximum absolute atomic E-state index is 12.0. The second-order valence-electron chi connectivity index (χ2n) is 5.23. The van der Waals surface area contributed by atoms with E-state index in [1.54, 1.807) is 0 Å². The molecule has 0 aliphatic carbocycles. The van der Waals surface area contributed by atoms with Gasteiger partial charge in [-0.3, -0.25) is 4.79 Å². The topological polar surface area (TPSA) is 55.1 Å². The number of benzene rings is 1. The summed E-state index contributed by atoms with van der Waals surface area (Å²) in [4.78, 5) is 12.0. The first kappa shape index (κ1) is 14.7. The van der Waals surface area contributed by atoms with Crippen molar-refractivity contribution in [3.05, 3.63) is 34.9 Å². The van der Waals surface area contributed by atoms with Gasteiger partial charge >= 0.3 is 0 Å². The third-order valence-electron chi connectivity index (χ3n) is 3.35. The van der Waals surface area contributed by atoms with Gasteiger partial charge < -0.3 is 11.1 Å². The van der Waals surface area contributed by atoms with Crippen molar-refractivity contribution in [2.45, 2.75) is 34.2 Å². The predicted octanol–water partition coefficient (Wildman–Crippen LogP) is 2.15. The van der Waals surface area contributed by atoms with Crippen molar-refractivity contribution in [1.82, 2.24) is 5.32 Å². The Bertz CT molecular complexity index is 413. The Labute approximate surface area is 110 Å². The zero-order valence-corrected chi connectivity index (χ0v) is 11.8. The van der Waals surface area contributed by atoms with E-state index < -0.39 is 0 Å². The highest BCUT2D eigenvalue weighted by Crippen LogP contribution is 2.12. The van der Waals surface area contributed by atoms with Crippen LogP contribution in [-0.2, 0) is 11.3 Å². The normalized spacial score (nSPS) is 12.6. The Morgan fingerprint density at radius 1 is 1.33 bits per heavy atom. The van der Waals surface area contributed by atoms with Crippen LogP contribution >= 0.6 is 0 Å². The Hall–Kier alpha value is -1.35. The highest BCUT2D eigenvalue weighted by atomic mass is 16.1. The number of hydrogen-bond donors (Lipinski definition) is 2. The first-order valence-electron chi connectivity index (χ1n) is 6.49. The minimum absolute atomic E-state index is 0.0486. The monoisotopic (exact) mass is 248 g/mol. The molecule has 3 N–H and O–H groups in total. The minimum Gasteiger partial charge on any atom is -0.352 e. The van der Waals surface area contributed by atoms with Gasteiger partial charge in [0.25, 0.3) is 0 Å². The van der Waals surface area contributed by atoms with E-state index in [1.807, 2.05) is 13.8 Å². The van der Waals surface area contributed by atoms with Crippen LogP contribution in [0.25, 0.3) is 0 Å². The Morgan fingerprint density at radius 2 is 2.00 bits per heavy atom. The third-order valence-corrected chi connectivity index (χ3v) is 3.35. The van der Waals surface area contributed by atoms with Crippen molar-refractivity contribution in [1.29, 1.82) is 0 Å². The zero-order valence-electron chi connectivity index (χ0n) is 11.8. The van der Waals surface area contributed by atoms with Crippen LogP contribution in [-0.4, -0.2) is 12.5 Å². The van der Waals surface area contributed by atoms with Gasteiger partial charge in [-0.15, -0.1) is 0 Å². The molecule has 0 spiro atoms. The van der Waals surface area contributed by atoms with E-state index in [2.05, 4.69) is 37.4 Å². The van der Waals surface area contributed by atoms with E-state index in [0.29, 0.717) is 13.1 Å². The summed E-state index contributed by atoms with van der Waals surface area (Å²) in [6.45, 7) is 9.16. The lowest BCUT2D eigenvalue weighted by Gasteiger charge is -2.18. The molecule has 1 unspecified atom stereocenters. The molecule has 0 radical (unpaired) electrons. The highest BCUT2D eigenvalue weighted by molar-refractivity contribution is 5.79. The largest absolute Gasteiger partial charge is 0.352 e. The van der Waals surface area contributed by atoms with Crippen LogP contribution in [0, 0.1) is 25.7 Å². The van der Waals surface area contributed by atoms with Gasteiger partial charge in [0.15, 0.2) is 0 Å². The maximum atomic E-state index is 12.0. The van der Waals surface area contributed by atoms with Gasteiger partial charge in [0.05, 0.1) is 5.92 Å². The molecule has 0 aliphatic heterocycles. The van der Waals surface area contributed by atoms with Crippen molar-refractivity contribution in [2.75, 3.05) is 6.54 Å². The first-order chi connectivity index (χ1) is 8.45. The average molecular weight is 248 g/mol. The third kappa shape index (κ3) is 3.84. The molecule has 0 fully saturated rings. The highest BCUT2D eigenvalue weighted by Gasteiger charge is 2.19. The van der Waals surface area contributed by atoms with Crippen LogP contribution in [0.1, 0.15) is 30.5 Å². The fourth-order valence-corrected chi connectivity index (χ4v) is 2.04. The molecule has 3 nitrogen and oxygen atoms in total. The van der Waals surface area contributed by atoms with Crippen LogP contribution in [0.15, 0.2) is 18.2 Å². The molecule has 3 heteroatoms. The number of amides is 1. The molecule has 0 saturated carbocycles. The van der Waals surface area contributed by atoms with E-state index >= 15 is 0 Å². The fraction of sp³-hybridized carbons (Fsp3) is 0.533. The molecule has 0 heterocycles. The van der Waals surface area contributed by atoms with Crippen LogP contribution < -0.4 is 11.1 Å². The van der Waals surface area contributed by atoms with E-state index in [1.165, 1.54) is 11.1 Å². The maximum Gasteiger partial charge on any atom is 0.224 e. The van der Waals surface area contributed by atoms with Crippen LogP contribution in [0.2, 0.25) is 0 Å². The number of rotatable bonds is 5.